The van der Waals surface area contributed by atoms with E-state index < -0.39 is 11.5 Å². The van der Waals surface area contributed by atoms with Crippen LogP contribution >= 0.6 is 27.5 Å². The van der Waals surface area contributed by atoms with Gasteiger partial charge in [-0.1, -0.05) is 140 Å². The van der Waals surface area contributed by atoms with Crippen molar-refractivity contribution in [2.45, 2.75) is 51.6 Å². The summed E-state index contributed by atoms with van der Waals surface area (Å²) < 4.78 is 13.6. The van der Waals surface area contributed by atoms with Crippen molar-refractivity contribution in [2.24, 2.45) is 0 Å². The number of carbonyl (C=O) groups is 2. The number of tetrazole rings is 1. The van der Waals surface area contributed by atoms with Crippen molar-refractivity contribution < 1.29 is 18.7 Å². The van der Waals surface area contributed by atoms with Gasteiger partial charge in [-0.25, -0.2) is 4.98 Å². The summed E-state index contributed by atoms with van der Waals surface area (Å²) in [6, 6.07) is 40.7. The standard InChI is InChI=1S/C48H43BrClN7O4/c1-3-5-25-41-52-46(50)40(28-42(58)51-29-43(59)61-4-2)56(41)30-38-35-26-27-60-31-39(35)45(49)44(38)36-23-15-16-24-37(36)47-53-55-57(54-47)48(32-17-9-6-10-18-32,33-19-11-7-12-20-33)34-21-13-8-14-22-34/h6-24,26-27,31H,3-5,25,28-30H2,1-2H3,(H,51,58). The number of hydrogen-bond donors (Lipinski definition) is 1. The van der Waals surface area contributed by atoms with Crippen molar-refractivity contribution >= 4 is 39.4 Å². The maximum Gasteiger partial charge on any atom is 0.325 e. The van der Waals surface area contributed by atoms with Gasteiger partial charge in [0.15, 0.2) is 10.7 Å². The Morgan fingerprint density at radius 1 is 0.820 bits per heavy atom. The first kappa shape index (κ1) is 41.4. The second-order valence-corrected chi connectivity index (χ2v) is 15.7. The number of rotatable bonds is 16. The number of carbonyl (C=O) groups excluding carboxylic acids is 2. The molecule has 61 heavy (non-hydrogen) atoms. The predicted octanol–water partition coefficient (Wildman–Crippen LogP) is 9.77. The molecule has 0 fully saturated rings. The predicted molar refractivity (Wildman–Crippen MR) is 238 cm³/mol. The normalized spacial score (nSPS) is 11.5. The molecule has 1 aliphatic heterocycles. The fourth-order valence-corrected chi connectivity index (χ4v) is 9.06. The molecule has 11 nitrogen and oxygen atoms in total. The highest BCUT2D eigenvalue weighted by molar-refractivity contribution is 9.10. The largest absolute Gasteiger partial charge is 0.472 e. The Morgan fingerprint density at radius 2 is 1.44 bits per heavy atom. The number of fused-ring (bicyclic) bond motifs is 1. The number of halogens is 2. The zero-order chi connectivity index (χ0) is 42.3. The summed E-state index contributed by atoms with van der Waals surface area (Å²) in [7, 11) is 0. The summed E-state index contributed by atoms with van der Waals surface area (Å²) in [4.78, 5) is 31.9. The Kier molecular flexibility index (Phi) is 12.5. The van der Waals surface area contributed by atoms with Crippen molar-refractivity contribution in [1.29, 1.82) is 0 Å². The van der Waals surface area contributed by atoms with Crippen LogP contribution in [0.4, 0.5) is 0 Å². The van der Waals surface area contributed by atoms with E-state index in [-0.39, 0.29) is 30.6 Å². The number of benzene rings is 4. The molecule has 8 rings (SSSR count). The van der Waals surface area contributed by atoms with Crippen LogP contribution in [0.1, 0.15) is 60.5 Å². The second-order valence-electron chi connectivity index (χ2n) is 14.5. The molecule has 1 aliphatic carbocycles. The lowest BCUT2D eigenvalue weighted by atomic mass is 9.77. The number of aromatic nitrogens is 6. The van der Waals surface area contributed by atoms with Crippen molar-refractivity contribution in [1.82, 2.24) is 35.1 Å². The van der Waals surface area contributed by atoms with Gasteiger partial charge in [0.25, 0.3) is 0 Å². The number of nitrogens with one attached hydrogen (secondary N) is 1. The first-order valence-corrected chi connectivity index (χ1v) is 21.4. The van der Waals surface area contributed by atoms with E-state index in [2.05, 4.69) is 70.6 Å². The van der Waals surface area contributed by atoms with Crippen LogP contribution in [0.3, 0.4) is 0 Å². The number of aryl methyl sites for hydroxylation is 1. The SMILES string of the molecule is CCCCc1nc(Cl)c(CC(=O)NCC(=O)OCC)n1Cc1c2ccocc-2c(Br)c1-c1ccccc1-c1nnn(C(c2ccccc2)(c2ccccc2)c2ccccc2)n1. The van der Waals surface area contributed by atoms with Crippen molar-refractivity contribution in [2.75, 3.05) is 13.2 Å². The third-order valence-corrected chi connectivity index (χ3v) is 12.0. The molecule has 2 aromatic heterocycles. The quantitative estimate of drug-likeness (QED) is 0.0750. The molecule has 0 spiro atoms. The van der Waals surface area contributed by atoms with Crippen molar-refractivity contribution in [3.63, 3.8) is 0 Å². The minimum Gasteiger partial charge on any atom is -0.472 e. The van der Waals surface area contributed by atoms with E-state index >= 15 is 0 Å². The molecule has 0 saturated heterocycles. The number of hydrogen-bond acceptors (Lipinski definition) is 8. The van der Waals surface area contributed by atoms with E-state index in [0.717, 1.165) is 73.2 Å². The summed E-state index contributed by atoms with van der Waals surface area (Å²) in [5.74, 6) is 0.307. The lowest BCUT2D eigenvalue weighted by Gasteiger charge is -2.34. The second kappa shape index (κ2) is 18.5. The number of esters is 1. The molecule has 1 N–H and O–H groups in total. The molecule has 0 bridgehead atoms. The van der Waals surface area contributed by atoms with Crippen LogP contribution in [0.5, 0.6) is 0 Å². The van der Waals surface area contributed by atoms with Gasteiger partial charge in [0.1, 0.15) is 12.4 Å². The number of unbranched alkanes of at least 4 members (excludes halogenated alkanes) is 1. The van der Waals surface area contributed by atoms with Gasteiger partial charge in [-0.05, 0) is 73.9 Å². The highest BCUT2D eigenvalue weighted by atomic mass is 79.9. The molecule has 1 amide bonds. The van der Waals surface area contributed by atoms with Crippen LogP contribution in [0.25, 0.3) is 33.6 Å². The molecule has 6 aromatic rings. The number of amides is 1. The van der Waals surface area contributed by atoms with Crippen LogP contribution in [-0.4, -0.2) is 54.8 Å². The minimum absolute atomic E-state index is 0.0859. The number of imidazole rings is 1. The first-order valence-electron chi connectivity index (χ1n) is 20.2. The lowest BCUT2D eigenvalue weighted by Crippen LogP contribution is -2.39. The monoisotopic (exact) mass is 895 g/mol. The molecule has 2 aliphatic rings. The lowest BCUT2D eigenvalue weighted by molar-refractivity contribution is -0.143. The van der Waals surface area contributed by atoms with Gasteiger partial charge in [0.2, 0.25) is 11.7 Å². The van der Waals surface area contributed by atoms with Crippen LogP contribution in [0.2, 0.25) is 5.15 Å². The van der Waals surface area contributed by atoms with Crippen molar-refractivity contribution in [3.05, 3.63) is 177 Å². The van der Waals surface area contributed by atoms with Crippen LogP contribution in [0.15, 0.2) is 143 Å². The highest BCUT2D eigenvalue weighted by Gasteiger charge is 2.41. The van der Waals surface area contributed by atoms with Crippen molar-refractivity contribution in [3.8, 4) is 33.6 Å². The maximum atomic E-state index is 13.3. The van der Waals surface area contributed by atoms with Crippen LogP contribution in [0, 0.1) is 0 Å². The Morgan fingerprint density at radius 3 is 2.07 bits per heavy atom. The Labute approximate surface area is 367 Å². The van der Waals surface area contributed by atoms with E-state index in [1.807, 2.05) is 83.4 Å². The fraction of sp³-hybridized carbons (Fsp3) is 0.208. The molecule has 13 heteroatoms. The van der Waals surface area contributed by atoms with Gasteiger partial charge >= 0.3 is 5.97 Å². The zero-order valence-corrected chi connectivity index (χ0v) is 36.1. The summed E-state index contributed by atoms with van der Waals surface area (Å²) in [5, 5.41) is 17.8. The highest BCUT2D eigenvalue weighted by Crippen LogP contribution is 2.49. The summed E-state index contributed by atoms with van der Waals surface area (Å²) in [6.45, 7) is 4.14. The van der Waals surface area contributed by atoms with E-state index in [1.165, 1.54) is 0 Å². The average Bonchev–Trinajstić information content (AvgIpc) is 3.98. The molecular formula is C48H43BrClN7O4. The van der Waals surface area contributed by atoms with Gasteiger partial charge < -0.3 is 19.0 Å². The van der Waals surface area contributed by atoms with Gasteiger partial charge in [-0.3, -0.25) is 9.59 Å². The molecule has 0 unspecified atom stereocenters. The molecule has 3 heterocycles. The van der Waals surface area contributed by atoms with E-state index in [4.69, 9.17) is 41.1 Å². The maximum absolute atomic E-state index is 13.3. The topological polar surface area (TPSA) is 130 Å². The van der Waals surface area contributed by atoms with Crippen LogP contribution < -0.4 is 5.32 Å². The molecule has 308 valence electrons. The summed E-state index contributed by atoms with van der Waals surface area (Å²) in [6.07, 6.45) is 5.76. The molecule has 0 saturated carbocycles. The van der Waals surface area contributed by atoms with Gasteiger partial charge in [0, 0.05) is 27.6 Å². The zero-order valence-electron chi connectivity index (χ0n) is 33.7. The van der Waals surface area contributed by atoms with Crippen LogP contribution in [-0.2, 0) is 39.3 Å². The fourth-order valence-electron chi connectivity index (χ4n) is 8.03. The molecule has 4 aromatic carbocycles. The Bertz CT molecular complexity index is 2640. The smallest absolute Gasteiger partial charge is 0.325 e. The minimum atomic E-state index is -0.958. The molecule has 0 atom stereocenters. The molecular weight excluding hydrogens is 854 g/mol. The third-order valence-electron chi connectivity index (χ3n) is 10.8. The number of nitrogens with zero attached hydrogens (tertiary/aromatic N) is 6. The van der Waals surface area contributed by atoms with Gasteiger partial charge in [-0.2, -0.15) is 0 Å². The summed E-state index contributed by atoms with van der Waals surface area (Å²) in [5.41, 5.74) is 7.79. The van der Waals surface area contributed by atoms with E-state index in [0.29, 0.717) is 24.5 Å². The van der Waals surface area contributed by atoms with Gasteiger partial charge in [-0.15, -0.1) is 15.0 Å². The number of ether oxygens (including phenoxy) is 1. The first-order chi connectivity index (χ1) is 29.8. The Balaban J connectivity index is 1.27. The Hall–Kier alpha value is -6.37. The summed E-state index contributed by atoms with van der Waals surface area (Å²) >= 11 is 10.8. The average molecular weight is 897 g/mol. The van der Waals surface area contributed by atoms with E-state index in [9.17, 15) is 9.59 Å². The van der Waals surface area contributed by atoms with Gasteiger partial charge in [0.05, 0.1) is 37.8 Å². The van der Waals surface area contributed by atoms with E-state index in [1.54, 1.807) is 24.2 Å². The molecule has 0 radical (unpaired) electrons. The third kappa shape index (κ3) is 8.13.